The van der Waals surface area contributed by atoms with Gasteiger partial charge in [0.05, 0.1) is 18.4 Å². The fraction of sp³-hybridized carbons (Fsp3) is 0.500. The monoisotopic (exact) mass is 290 g/mol. The molecule has 1 saturated carbocycles. The minimum absolute atomic E-state index is 0.0376. The Bertz CT molecular complexity index is 490. The second kappa shape index (κ2) is 7.22. The third-order valence-electron chi connectivity index (χ3n) is 3.70. The molecule has 0 radical (unpaired) electrons. The van der Waals surface area contributed by atoms with Crippen LogP contribution >= 0.6 is 0 Å². The Balaban J connectivity index is 1.91. The van der Waals surface area contributed by atoms with Gasteiger partial charge in [0.25, 0.3) is 0 Å². The molecule has 1 N–H and O–H groups in total. The van der Waals surface area contributed by atoms with Crippen LogP contribution in [0, 0.1) is 11.8 Å². The van der Waals surface area contributed by atoms with Crippen molar-refractivity contribution in [2.75, 3.05) is 31.7 Å². The lowest BCUT2D eigenvalue weighted by atomic mass is 10.2. The number of amides is 2. The standard InChI is InChI=1S/C16H22N2O3/c1-3-18(12-7-5-4-6-8-12)16(20)14-11-13(14)15(19)17-9-10-21-2/h4-8,13-14H,3,9-11H2,1-2H3,(H,17,19). The van der Waals surface area contributed by atoms with E-state index in [4.69, 9.17) is 4.74 Å². The Morgan fingerprint density at radius 1 is 1.29 bits per heavy atom. The molecule has 1 fully saturated rings. The van der Waals surface area contributed by atoms with E-state index in [2.05, 4.69) is 5.32 Å². The lowest BCUT2D eigenvalue weighted by molar-refractivity contribution is -0.126. The van der Waals surface area contributed by atoms with Crippen LogP contribution in [-0.2, 0) is 14.3 Å². The summed E-state index contributed by atoms with van der Waals surface area (Å²) in [7, 11) is 1.59. The largest absolute Gasteiger partial charge is 0.383 e. The first-order valence-corrected chi connectivity index (χ1v) is 7.32. The number of rotatable bonds is 7. The highest BCUT2D eigenvalue weighted by molar-refractivity contribution is 6.01. The summed E-state index contributed by atoms with van der Waals surface area (Å²) < 4.78 is 4.89. The van der Waals surface area contributed by atoms with Gasteiger partial charge in [-0.15, -0.1) is 0 Å². The first-order valence-electron chi connectivity index (χ1n) is 7.32. The van der Waals surface area contributed by atoms with E-state index >= 15 is 0 Å². The molecule has 1 aliphatic rings. The smallest absolute Gasteiger partial charge is 0.230 e. The second-order valence-electron chi connectivity index (χ2n) is 5.15. The van der Waals surface area contributed by atoms with Crippen molar-refractivity contribution in [1.82, 2.24) is 5.32 Å². The first kappa shape index (κ1) is 15.5. The summed E-state index contributed by atoms with van der Waals surface area (Å²) in [5.41, 5.74) is 0.885. The number of nitrogens with zero attached hydrogens (tertiary/aromatic N) is 1. The van der Waals surface area contributed by atoms with Gasteiger partial charge < -0.3 is 15.0 Å². The number of methoxy groups -OCH3 is 1. The summed E-state index contributed by atoms with van der Waals surface area (Å²) in [6.07, 6.45) is 0.640. The van der Waals surface area contributed by atoms with E-state index in [-0.39, 0.29) is 23.7 Å². The van der Waals surface area contributed by atoms with Gasteiger partial charge in [-0.25, -0.2) is 0 Å². The number of carbonyl (C=O) groups excluding carboxylic acids is 2. The van der Waals surface area contributed by atoms with E-state index < -0.39 is 0 Å². The van der Waals surface area contributed by atoms with Crippen LogP contribution in [0.15, 0.2) is 30.3 Å². The molecule has 1 aromatic rings. The molecule has 2 unspecified atom stereocenters. The number of nitrogens with one attached hydrogen (secondary N) is 1. The van der Waals surface area contributed by atoms with Crippen LogP contribution in [0.4, 0.5) is 5.69 Å². The van der Waals surface area contributed by atoms with Crippen molar-refractivity contribution in [3.8, 4) is 0 Å². The second-order valence-corrected chi connectivity index (χ2v) is 5.15. The Labute approximate surface area is 125 Å². The molecule has 0 aliphatic heterocycles. The first-order chi connectivity index (χ1) is 10.2. The van der Waals surface area contributed by atoms with Crippen molar-refractivity contribution in [2.24, 2.45) is 11.8 Å². The number of anilines is 1. The zero-order valence-corrected chi connectivity index (χ0v) is 12.5. The molecule has 114 valence electrons. The topological polar surface area (TPSA) is 58.6 Å². The summed E-state index contributed by atoms with van der Waals surface area (Å²) in [5, 5.41) is 2.79. The molecule has 1 aliphatic carbocycles. The summed E-state index contributed by atoms with van der Waals surface area (Å²) in [4.78, 5) is 26.2. The van der Waals surface area contributed by atoms with Gasteiger partial charge in [-0.05, 0) is 25.5 Å². The number of hydrogen-bond acceptors (Lipinski definition) is 3. The number of benzene rings is 1. The van der Waals surface area contributed by atoms with Crippen LogP contribution in [-0.4, -0.2) is 38.6 Å². The zero-order chi connectivity index (χ0) is 15.2. The number of carbonyl (C=O) groups is 2. The maximum Gasteiger partial charge on any atom is 0.230 e. The molecule has 5 heteroatoms. The van der Waals surface area contributed by atoms with Gasteiger partial charge >= 0.3 is 0 Å². The molecule has 21 heavy (non-hydrogen) atoms. The van der Waals surface area contributed by atoms with Crippen molar-refractivity contribution < 1.29 is 14.3 Å². The molecule has 0 spiro atoms. The predicted molar refractivity (Wildman–Crippen MR) is 81.0 cm³/mol. The Morgan fingerprint density at radius 3 is 2.62 bits per heavy atom. The highest BCUT2D eigenvalue weighted by Gasteiger charge is 2.49. The van der Waals surface area contributed by atoms with Crippen molar-refractivity contribution in [1.29, 1.82) is 0 Å². The zero-order valence-electron chi connectivity index (χ0n) is 12.5. The Morgan fingerprint density at radius 2 is 2.00 bits per heavy atom. The average molecular weight is 290 g/mol. The van der Waals surface area contributed by atoms with Crippen LogP contribution in [0.2, 0.25) is 0 Å². The lowest BCUT2D eigenvalue weighted by Gasteiger charge is -2.21. The Hall–Kier alpha value is -1.88. The summed E-state index contributed by atoms with van der Waals surface area (Å²) in [6.45, 7) is 3.53. The number of ether oxygens (including phenoxy) is 1. The van der Waals surface area contributed by atoms with Gasteiger partial charge in [0, 0.05) is 25.9 Å². The molecule has 2 rings (SSSR count). The maximum atomic E-state index is 12.5. The molecule has 0 bridgehead atoms. The van der Waals surface area contributed by atoms with Crippen molar-refractivity contribution in [3.05, 3.63) is 30.3 Å². The van der Waals surface area contributed by atoms with E-state index in [1.54, 1.807) is 12.0 Å². The normalized spacial score (nSPS) is 19.9. The molecule has 0 heterocycles. The van der Waals surface area contributed by atoms with Crippen molar-refractivity contribution in [2.45, 2.75) is 13.3 Å². The molecule has 2 amide bonds. The third-order valence-corrected chi connectivity index (χ3v) is 3.70. The van der Waals surface area contributed by atoms with E-state index in [9.17, 15) is 9.59 Å². The molecular formula is C16H22N2O3. The molecule has 0 saturated heterocycles. The van der Waals surface area contributed by atoms with Gasteiger partial charge in [-0.2, -0.15) is 0 Å². The molecular weight excluding hydrogens is 268 g/mol. The van der Waals surface area contributed by atoms with E-state index in [0.717, 1.165) is 5.69 Å². The van der Waals surface area contributed by atoms with Crippen LogP contribution in [0.1, 0.15) is 13.3 Å². The minimum Gasteiger partial charge on any atom is -0.383 e. The molecule has 2 atom stereocenters. The highest BCUT2D eigenvalue weighted by Crippen LogP contribution is 2.40. The third kappa shape index (κ3) is 3.82. The fourth-order valence-corrected chi connectivity index (χ4v) is 2.44. The van der Waals surface area contributed by atoms with Crippen molar-refractivity contribution >= 4 is 17.5 Å². The number of para-hydroxylation sites is 1. The molecule has 0 aromatic heterocycles. The van der Waals surface area contributed by atoms with Crippen LogP contribution in [0.25, 0.3) is 0 Å². The predicted octanol–water partition coefficient (Wildman–Crippen LogP) is 1.44. The minimum atomic E-state index is -0.188. The van der Waals surface area contributed by atoms with Crippen LogP contribution in [0.3, 0.4) is 0 Å². The lowest BCUT2D eigenvalue weighted by Crippen LogP contribution is -2.35. The summed E-state index contributed by atoms with van der Waals surface area (Å²) in [5.74, 6) is -0.384. The average Bonchev–Trinajstić information content (AvgIpc) is 3.30. The van der Waals surface area contributed by atoms with E-state index in [1.807, 2.05) is 37.3 Å². The van der Waals surface area contributed by atoms with Crippen molar-refractivity contribution in [3.63, 3.8) is 0 Å². The Kier molecular flexibility index (Phi) is 5.33. The van der Waals surface area contributed by atoms with E-state index in [1.165, 1.54) is 0 Å². The number of hydrogen-bond donors (Lipinski definition) is 1. The molecule has 5 nitrogen and oxygen atoms in total. The van der Waals surface area contributed by atoms with Gasteiger partial charge in [0.1, 0.15) is 0 Å². The van der Waals surface area contributed by atoms with Gasteiger partial charge in [-0.3, -0.25) is 9.59 Å². The highest BCUT2D eigenvalue weighted by atomic mass is 16.5. The summed E-state index contributed by atoms with van der Waals surface area (Å²) >= 11 is 0. The maximum absolute atomic E-state index is 12.5. The summed E-state index contributed by atoms with van der Waals surface area (Å²) in [6, 6.07) is 9.57. The quantitative estimate of drug-likeness (QED) is 0.773. The van der Waals surface area contributed by atoms with Gasteiger partial charge in [0.15, 0.2) is 0 Å². The van der Waals surface area contributed by atoms with Gasteiger partial charge in [-0.1, -0.05) is 18.2 Å². The SMILES string of the molecule is CCN(C(=O)C1CC1C(=O)NCCOC)c1ccccc1. The van der Waals surface area contributed by atoms with Crippen LogP contribution < -0.4 is 10.2 Å². The molecule has 1 aromatic carbocycles. The van der Waals surface area contributed by atoms with Crippen LogP contribution in [0.5, 0.6) is 0 Å². The fourth-order valence-electron chi connectivity index (χ4n) is 2.44. The van der Waals surface area contributed by atoms with Gasteiger partial charge in [0.2, 0.25) is 11.8 Å². The van der Waals surface area contributed by atoms with E-state index in [0.29, 0.717) is 26.1 Å².